The monoisotopic (exact) mass is 557 g/mol. The summed E-state index contributed by atoms with van der Waals surface area (Å²) in [5, 5.41) is 3.20. The third kappa shape index (κ3) is 8.53. The largest absolute Gasteiger partial charge is 0.445 e. The fraction of sp³-hybridized carbons (Fsp3) is 0.581. The molecule has 0 bridgehead atoms. The van der Waals surface area contributed by atoms with Crippen LogP contribution in [0, 0.1) is 5.92 Å². The van der Waals surface area contributed by atoms with Gasteiger partial charge < -0.3 is 18.9 Å². The van der Waals surface area contributed by atoms with Crippen LogP contribution >= 0.6 is 0 Å². The van der Waals surface area contributed by atoms with Gasteiger partial charge in [0, 0.05) is 0 Å². The van der Waals surface area contributed by atoms with Gasteiger partial charge in [-0.15, -0.1) is 0 Å². The highest BCUT2D eigenvalue weighted by Gasteiger charge is 2.45. The maximum Gasteiger partial charge on any atom is 0.407 e. The van der Waals surface area contributed by atoms with Crippen LogP contribution in [0.4, 0.5) is 4.79 Å². The number of carbonyl (C=O) groups is 1. The van der Waals surface area contributed by atoms with Crippen LogP contribution in [0.5, 0.6) is 0 Å². The number of carbonyl (C=O) groups excluding carboxylic acids is 1. The lowest BCUT2D eigenvalue weighted by atomic mass is 9.99. The van der Waals surface area contributed by atoms with E-state index in [-0.39, 0.29) is 22.8 Å². The van der Waals surface area contributed by atoms with Crippen LogP contribution in [-0.2, 0) is 20.2 Å². The van der Waals surface area contributed by atoms with Crippen molar-refractivity contribution in [2.24, 2.45) is 5.92 Å². The van der Waals surface area contributed by atoms with Crippen LogP contribution in [0.2, 0.25) is 36.3 Å². The van der Waals surface area contributed by atoms with E-state index in [1.165, 1.54) is 0 Å². The van der Waals surface area contributed by atoms with Gasteiger partial charge >= 0.3 is 6.09 Å². The molecule has 0 aliphatic carbocycles. The van der Waals surface area contributed by atoms with E-state index in [2.05, 4.69) is 92.1 Å². The second-order valence-corrected chi connectivity index (χ2v) is 22.6. The third-order valence-corrected chi connectivity index (χ3v) is 17.9. The van der Waals surface area contributed by atoms with Crippen molar-refractivity contribution in [1.82, 2.24) is 5.32 Å². The minimum Gasteiger partial charge on any atom is -0.445 e. The number of amides is 1. The van der Waals surface area contributed by atoms with Crippen molar-refractivity contribution in [1.29, 1.82) is 0 Å². The Morgan fingerprint density at radius 1 is 0.842 bits per heavy atom. The average molecular weight is 558 g/mol. The fourth-order valence-corrected chi connectivity index (χ4v) is 7.47. The van der Waals surface area contributed by atoms with E-state index in [1.54, 1.807) is 0 Å². The van der Waals surface area contributed by atoms with Crippen molar-refractivity contribution >= 4 is 22.7 Å². The quantitative estimate of drug-likeness (QED) is 0.265. The number of ether oxygens (including phenoxy) is 1. The summed E-state index contributed by atoms with van der Waals surface area (Å²) in [4.78, 5) is 13.1. The highest BCUT2D eigenvalue weighted by Crippen LogP contribution is 2.45. The molecule has 0 heterocycles. The first-order valence-electron chi connectivity index (χ1n) is 13.8. The first-order chi connectivity index (χ1) is 17.5. The molecule has 0 spiro atoms. The lowest BCUT2D eigenvalue weighted by Gasteiger charge is -2.45. The zero-order chi connectivity index (χ0) is 28.8. The van der Waals surface area contributed by atoms with Gasteiger partial charge in [0.15, 0.2) is 16.6 Å². The smallest absolute Gasteiger partial charge is 0.407 e. The molecular formula is C31H51NO4Si2. The first-order valence-corrected chi connectivity index (χ1v) is 19.6. The third-order valence-electron chi connectivity index (χ3n) is 8.86. The van der Waals surface area contributed by atoms with E-state index in [0.717, 1.165) is 11.1 Å². The van der Waals surface area contributed by atoms with Crippen molar-refractivity contribution in [2.75, 3.05) is 6.61 Å². The van der Waals surface area contributed by atoms with E-state index in [1.807, 2.05) is 48.5 Å². The average Bonchev–Trinajstić information content (AvgIpc) is 2.84. The second-order valence-electron chi connectivity index (χ2n) is 13.2. The van der Waals surface area contributed by atoms with E-state index in [9.17, 15) is 4.79 Å². The Hall–Kier alpha value is -1.94. The molecule has 5 nitrogen and oxygen atoms in total. The van der Waals surface area contributed by atoms with E-state index >= 15 is 0 Å². The summed E-state index contributed by atoms with van der Waals surface area (Å²) in [7, 11) is -4.36. The molecule has 7 heteroatoms. The topological polar surface area (TPSA) is 56.8 Å². The first kappa shape index (κ1) is 32.3. The lowest BCUT2D eigenvalue weighted by molar-refractivity contribution is 0.0831. The summed E-state index contributed by atoms with van der Waals surface area (Å²) < 4.78 is 19.4. The van der Waals surface area contributed by atoms with Crippen molar-refractivity contribution in [3.63, 3.8) is 0 Å². The number of hydrogen-bond donors (Lipinski definition) is 1. The van der Waals surface area contributed by atoms with Crippen molar-refractivity contribution < 1.29 is 18.4 Å². The fourth-order valence-electron chi connectivity index (χ4n) is 3.82. The van der Waals surface area contributed by atoms with Crippen LogP contribution in [0.3, 0.4) is 0 Å². The molecule has 0 fully saturated rings. The van der Waals surface area contributed by atoms with Gasteiger partial charge in [-0.3, -0.25) is 0 Å². The number of nitrogens with one attached hydrogen (secondary N) is 1. The predicted octanol–water partition coefficient (Wildman–Crippen LogP) is 8.70. The number of rotatable bonds is 12. The summed E-state index contributed by atoms with van der Waals surface area (Å²) in [5.41, 5.74) is 1.97. The van der Waals surface area contributed by atoms with Gasteiger partial charge in [-0.05, 0) is 53.3 Å². The summed E-state index contributed by atoms with van der Waals surface area (Å²) in [6, 6.07) is 19.5. The zero-order valence-corrected chi connectivity index (χ0v) is 27.6. The molecule has 0 saturated carbocycles. The summed E-state index contributed by atoms with van der Waals surface area (Å²) in [5.74, 6) is 0.472. The molecule has 0 aliphatic rings. The molecule has 2 aromatic rings. The van der Waals surface area contributed by atoms with Crippen LogP contribution in [0.1, 0.15) is 65.7 Å². The Bertz CT molecular complexity index is 1000. The Labute approximate surface area is 233 Å². The van der Waals surface area contributed by atoms with Crippen LogP contribution in [0.25, 0.3) is 0 Å². The van der Waals surface area contributed by atoms with Gasteiger partial charge in [-0.2, -0.15) is 0 Å². The van der Waals surface area contributed by atoms with E-state index in [0.29, 0.717) is 12.5 Å². The molecule has 2 aromatic carbocycles. The number of hydrogen-bond acceptors (Lipinski definition) is 4. The van der Waals surface area contributed by atoms with Crippen LogP contribution in [0.15, 0.2) is 60.7 Å². The minimum atomic E-state index is -2.20. The zero-order valence-electron chi connectivity index (χ0n) is 25.6. The molecule has 2 atom stereocenters. The second kappa shape index (κ2) is 12.9. The molecule has 0 aliphatic heterocycles. The molecule has 1 N–H and O–H groups in total. The van der Waals surface area contributed by atoms with E-state index < -0.39 is 28.8 Å². The summed E-state index contributed by atoms with van der Waals surface area (Å²) in [6.45, 7) is 25.4. The molecule has 212 valence electrons. The van der Waals surface area contributed by atoms with Crippen LogP contribution < -0.4 is 5.32 Å². The molecule has 1 amide bonds. The van der Waals surface area contributed by atoms with Gasteiger partial charge in [0.1, 0.15) is 6.61 Å². The maximum atomic E-state index is 13.1. The van der Waals surface area contributed by atoms with Gasteiger partial charge in [0.2, 0.25) is 0 Å². The Balaban J connectivity index is 2.39. The standard InChI is InChI=1S/C31H51NO4Si2/c1-24(2)31(6,7)38(10,11)35-23-27(32-29(33)34-22-25-18-14-12-15-19-25)28(26-20-16-13-17-21-26)36-37(8,9)30(3,4)5/h12-21,24,27-28H,22-23H2,1-11H3,(H,32,33)/t27-,28-/m1/s1. The normalized spacial score (nSPS) is 14.7. The summed E-state index contributed by atoms with van der Waals surface area (Å²) >= 11 is 0. The van der Waals surface area contributed by atoms with Gasteiger partial charge in [0.05, 0.1) is 18.8 Å². The number of alkyl carbamates (subject to hydrolysis) is 1. The lowest BCUT2D eigenvalue weighted by Crippen LogP contribution is -2.52. The van der Waals surface area contributed by atoms with Gasteiger partial charge in [-0.1, -0.05) is 109 Å². The Morgan fingerprint density at radius 2 is 1.37 bits per heavy atom. The highest BCUT2D eigenvalue weighted by atomic mass is 28.4. The Kier molecular flexibility index (Phi) is 11.0. The number of benzene rings is 2. The molecule has 38 heavy (non-hydrogen) atoms. The van der Waals surface area contributed by atoms with Crippen molar-refractivity contribution in [2.45, 2.75) is 103 Å². The molecular weight excluding hydrogens is 507 g/mol. The molecule has 0 aromatic heterocycles. The molecule has 0 radical (unpaired) electrons. The highest BCUT2D eigenvalue weighted by molar-refractivity contribution is 6.74. The predicted molar refractivity (Wildman–Crippen MR) is 163 cm³/mol. The van der Waals surface area contributed by atoms with Crippen molar-refractivity contribution in [3.8, 4) is 0 Å². The maximum absolute atomic E-state index is 13.1. The van der Waals surface area contributed by atoms with Crippen LogP contribution in [-0.4, -0.2) is 35.4 Å². The molecule has 2 rings (SSSR count). The minimum absolute atomic E-state index is 0.00686. The molecule has 0 saturated heterocycles. The summed E-state index contributed by atoms with van der Waals surface area (Å²) in [6.07, 6.45) is -0.835. The molecule has 0 unspecified atom stereocenters. The van der Waals surface area contributed by atoms with Crippen molar-refractivity contribution in [3.05, 3.63) is 71.8 Å². The SMILES string of the molecule is CC(C)C(C)(C)[Si](C)(C)OC[C@@H](NC(=O)OCc1ccccc1)[C@H](O[Si](C)(C)C(C)(C)C)c1ccccc1. The van der Waals surface area contributed by atoms with E-state index in [4.69, 9.17) is 13.6 Å². The van der Waals surface area contributed by atoms with Gasteiger partial charge in [0.25, 0.3) is 0 Å². The van der Waals surface area contributed by atoms with Gasteiger partial charge in [-0.25, -0.2) is 4.79 Å². The Morgan fingerprint density at radius 3 is 1.87 bits per heavy atom.